The zero-order valence-electron chi connectivity index (χ0n) is 15.7. The largest absolute Gasteiger partial charge is 0.497 e. The van der Waals surface area contributed by atoms with Gasteiger partial charge in [-0.2, -0.15) is 0 Å². The smallest absolute Gasteiger partial charge is 0.225 e. The molecule has 0 aromatic heterocycles. The SMILES string of the molecule is COc1cc2c(c(OC)c1)[C@H](c1ccccc1OCC(C)C)CC(=O)N2. The number of para-hydroxylation sites is 1. The minimum absolute atomic E-state index is 0.0310. The van der Waals surface area contributed by atoms with E-state index < -0.39 is 0 Å². The topological polar surface area (TPSA) is 56.8 Å². The molecule has 5 heteroatoms. The van der Waals surface area contributed by atoms with Crippen LogP contribution in [0.4, 0.5) is 5.69 Å². The number of methoxy groups -OCH3 is 2. The van der Waals surface area contributed by atoms with Crippen molar-refractivity contribution in [3.05, 3.63) is 47.5 Å². The van der Waals surface area contributed by atoms with E-state index in [2.05, 4.69) is 19.2 Å². The average Bonchev–Trinajstić information content (AvgIpc) is 2.64. The minimum Gasteiger partial charge on any atom is -0.497 e. The van der Waals surface area contributed by atoms with Crippen LogP contribution >= 0.6 is 0 Å². The van der Waals surface area contributed by atoms with Gasteiger partial charge in [-0.3, -0.25) is 4.79 Å². The van der Waals surface area contributed by atoms with Gasteiger partial charge in [-0.05, 0) is 12.0 Å². The van der Waals surface area contributed by atoms with Crippen molar-refractivity contribution < 1.29 is 19.0 Å². The van der Waals surface area contributed by atoms with E-state index in [9.17, 15) is 4.79 Å². The van der Waals surface area contributed by atoms with Crippen molar-refractivity contribution in [1.82, 2.24) is 0 Å². The van der Waals surface area contributed by atoms with Crippen LogP contribution in [0.5, 0.6) is 17.2 Å². The lowest BCUT2D eigenvalue weighted by Gasteiger charge is -2.29. The number of nitrogens with one attached hydrogen (secondary N) is 1. The van der Waals surface area contributed by atoms with Crippen LogP contribution in [0.15, 0.2) is 36.4 Å². The van der Waals surface area contributed by atoms with Crippen LogP contribution in [-0.2, 0) is 4.79 Å². The highest BCUT2D eigenvalue weighted by Crippen LogP contribution is 2.46. The maximum atomic E-state index is 12.4. The maximum absolute atomic E-state index is 12.4. The van der Waals surface area contributed by atoms with Crippen molar-refractivity contribution in [1.29, 1.82) is 0 Å². The van der Waals surface area contributed by atoms with Gasteiger partial charge in [-0.25, -0.2) is 0 Å². The second-order valence-electron chi connectivity index (χ2n) is 6.84. The van der Waals surface area contributed by atoms with Gasteiger partial charge in [0.15, 0.2) is 0 Å². The lowest BCUT2D eigenvalue weighted by molar-refractivity contribution is -0.116. The fourth-order valence-corrected chi connectivity index (χ4v) is 3.26. The highest BCUT2D eigenvalue weighted by atomic mass is 16.5. The summed E-state index contributed by atoms with van der Waals surface area (Å²) in [5, 5.41) is 2.94. The predicted molar refractivity (Wildman–Crippen MR) is 101 cm³/mol. The monoisotopic (exact) mass is 355 g/mol. The van der Waals surface area contributed by atoms with E-state index in [0.717, 1.165) is 22.6 Å². The molecule has 2 aromatic rings. The quantitative estimate of drug-likeness (QED) is 0.843. The van der Waals surface area contributed by atoms with Gasteiger partial charge >= 0.3 is 0 Å². The van der Waals surface area contributed by atoms with Crippen molar-refractivity contribution in [2.24, 2.45) is 5.92 Å². The molecule has 0 saturated carbocycles. The number of fused-ring (bicyclic) bond motifs is 1. The van der Waals surface area contributed by atoms with E-state index >= 15 is 0 Å². The molecule has 0 bridgehead atoms. The van der Waals surface area contributed by atoms with Gasteiger partial charge in [0.2, 0.25) is 5.91 Å². The normalized spacial score (nSPS) is 16.0. The summed E-state index contributed by atoms with van der Waals surface area (Å²) in [7, 11) is 3.22. The average molecular weight is 355 g/mol. The molecule has 2 aromatic carbocycles. The first kappa shape index (κ1) is 18.1. The van der Waals surface area contributed by atoms with Crippen LogP contribution in [0.25, 0.3) is 0 Å². The molecule has 1 N–H and O–H groups in total. The van der Waals surface area contributed by atoms with Crippen molar-refractivity contribution in [2.75, 3.05) is 26.1 Å². The Kier molecular flexibility index (Phi) is 5.35. The van der Waals surface area contributed by atoms with Crippen LogP contribution in [0, 0.1) is 5.92 Å². The molecule has 0 aliphatic carbocycles. The molecule has 0 fully saturated rings. The molecule has 138 valence electrons. The Morgan fingerprint density at radius 2 is 1.88 bits per heavy atom. The van der Waals surface area contributed by atoms with Crippen LogP contribution in [0.2, 0.25) is 0 Å². The van der Waals surface area contributed by atoms with Crippen LogP contribution in [0.3, 0.4) is 0 Å². The zero-order chi connectivity index (χ0) is 18.7. The van der Waals surface area contributed by atoms with E-state index in [1.54, 1.807) is 14.2 Å². The fourth-order valence-electron chi connectivity index (χ4n) is 3.26. The van der Waals surface area contributed by atoms with Crippen molar-refractivity contribution >= 4 is 11.6 Å². The Morgan fingerprint density at radius 3 is 2.58 bits per heavy atom. The standard InChI is InChI=1S/C21H25NO4/c1-13(2)12-26-18-8-6-5-7-15(18)16-11-20(23)22-17-9-14(24-3)10-19(25-4)21(16)17/h5-10,13,16H,11-12H2,1-4H3,(H,22,23)/t16-/m0/s1. The Labute approximate surface area is 154 Å². The van der Waals surface area contributed by atoms with Gasteiger partial charge in [0.05, 0.1) is 26.5 Å². The van der Waals surface area contributed by atoms with Crippen molar-refractivity contribution in [3.8, 4) is 17.2 Å². The molecular formula is C21H25NO4. The molecule has 1 aliphatic rings. The van der Waals surface area contributed by atoms with E-state index in [1.807, 2.05) is 36.4 Å². The number of ether oxygens (including phenoxy) is 3. The summed E-state index contributed by atoms with van der Waals surface area (Å²) in [5.41, 5.74) is 2.67. The molecule has 1 aliphatic heterocycles. The summed E-state index contributed by atoms with van der Waals surface area (Å²) < 4.78 is 17.0. The summed E-state index contributed by atoms with van der Waals surface area (Å²) in [4.78, 5) is 12.4. The third kappa shape index (κ3) is 3.62. The molecule has 0 unspecified atom stereocenters. The van der Waals surface area contributed by atoms with Crippen LogP contribution < -0.4 is 19.5 Å². The molecule has 1 atom stereocenters. The first-order valence-electron chi connectivity index (χ1n) is 8.81. The van der Waals surface area contributed by atoms with E-state index in [1.165, 1.54) is 0 Å². The number of anilines is 1. The molecule has 26 heavy (non-hydrogen) atoms. The number of hydrogen-bond acceptors (Lipinski definition) is 4. The molecule has 0 saturated heterocycles. The zero-order valence-corrected chi connectivity index (χ0v) is 15.7. The number of hydrogen-bond donors (Lipinski definition) is 1. The lowest BCUT2D eigenvalue weighted by atomic mass is 9.83. The third-order valence-corrected chi connectivity index (χ3v) is 4.45. The van der Waals surface area contributed by atoms with Gasteiger partial charge in [0.25, 0.3) is 0 Å². The molecule has 0 spiro atoms. The summed E-state index contributed by atoms with van der Waals surface area (Å²) in [5.74, 6) is 2.40. The van der Waals surface area contributed by atoms with Gasteiger partial charge in [-0.1, -0.05) is 32.0 Å². The maximum Gasteiger partial charge on any atom is 0.225 e. The number of carbonyl (C=O) groups excluding carboxylic acids is 1. The fraction of sp³-hybridized carbons (Fsp3) is 0.381. The molecule has 0 radical (unpaired) electrons. The highest BCUT2D eigenvalue weighted by Gasteiger charge is 2.32. The van der Waals surface area contributed by atoms with E-state index in [-0.39, 0.29) is 11.8 Å². The van der Waals surface area contributed by atoms with Gasteiger partial charge in [-0.15, -0.1) is 0 Å². The number of benzene rings is 2. The Balaban J connectivity index is 2.10. The second kappa shape index (κ2) is 7.68. The lowest BCUT2D eigenvalue weighted by Crippen LogP contribution is -2.24. The summed E-state index contributed by atoms with van der Waals surface area (Å²) >= 11 is 0. The number of rotatable bonds is 6. The summed E-state index contributed by atoms with van der Waals surface area (Å²) in [6.07, 6.45) is 0.345. The molecule has 5 nitrogen and oxygen atoms in total. The highest BCUT2D eigenvalue weighted by molar-refractivity contribution is 5.96. The van der Waals surface area contributed by atoms with E-state index in [4.69, 9.17) is 14.2 Å². The number of carbonyl (C=O) groups is 1. The van der Waals surface area contributed by atoms with Gasteiger partial charge < -0.3 is 19.5 Å². The van der Waals surface area contributed by atoms with Crippen LogP contribution in [0.1, 0.15) is 37.3 Å². The molecular weight excluding hydrogens is 330 g/mol. The Morgan fingerprint density at radius 1 is 1.12 bits per heavy atom. The first-order chi connectivity index (χ1) is 12.5. The molecule has 1 heterocycles. The molecule has 1 amide bonds. The Hall–Kier alpha value is -2.69. The Bertz CT molecular complexity index is 801. The van der Waals surface area contributed by atoms with Crippen molar-refractivity contribution in [3.63, 3.8) is 0 Å². The van der Waals surface area contributed by atoms with Crippen LogP contribution in [-0.4, -0.2) is 26.7 Å². The van der Waals surface area contributed by atoms with Gasteiger partial charge in [0, 0.05) is 35.6 Å². The van der Waals surface area contributed by atoms with E-state index in [0.29, 0.717) is 30.4 Å². The second-order valence-corrected chi connectivity index (χ2v) is 6.84. The molecule has 3 rings (SSSR count). The summed E-state index contributed by atoms with van der Waals surface area (Å²) in [6.45, 7) is 4.85. The predicted octanol–water partition coefficient (Wildman–Crippen LogP) is 4.21. The summed E-state index contributed by atoms with van der Waals surface area (Å²) in [6, 6.07) is 11.6. The first-order valence-corrected chi connectivity index (χ1v) is 8.81. The van der Waals surface area contributed by atoms with Gasteiger partial charge in [0.1, 0.15) is 17.2 Å². The van der Waals surface area contributed by atoms with Crippen molar-refractivity contribution in [2.45, 2.75) is 26.2 Å². The number of amides is 1. The third-order valence-electron chi connectivity index (χ3n) is 4.45. The minimum atomic E-state index is -0.136.